The zero-order valence-electron chi connectivity index (χ0n) is 12.0. The summed E-state index contributed by atoms with van der Waals surface area (Å²) in [5.74, 6) is -1.03. The summed E-state index contributed by atoms with van der Waals surface area (Å²) >= 11 is 0. The van der Waals surface area contributed by atoms with E-state index in [-0.39, 0.29) is 5.76 Å². The summed E-state index contributed by atoms with van der Waals surface area (Å²) in [7, 11) is 1.53. The molecule has 2 aromatic rings. The minimum atomic E-state index is -1.02. The van der Waals surface area contributed by atoms with Gasteiger partial charge in [0.25, 0.3) is 5.91 Å². The van der Waals surface area contributed by atoms with Gasteiger partial charge in [-0.3, -0.25) is 10.1 Å². The van der Waals surface area contributed by atoms with Crippen LogP contribution in [0.3, 0.4) is 0 Å². The van der Waals surface area contributed by atoms with E-state index in [1.54, 1.807) is 30.4 Å². The van der Waals surface area contributed by atoms with Gasteiger partial charge in [-0.05, 0) is 25.1 Å². The molecule has 8 nitrogen and oxygen atoms in total. The number of ether oxygens (including phenoxy) is 2. The molecule has 0 aliphatic heterocycles. The van der Waals surface area contributed by atoms with Crippen LogP contribution in [0.4, 0.5) is 4.79 Å². The Morgan fingerprint density at radius 1 is 1.32 bits per heavy atom. The van der Waals surface area contributed by atoms with Crippen molar-refractivity contribution in [3.8, 4) is 5.75 Å². The molecule has 0 radical (unpaired) electrons. The van der Waals surface area contributed by atoms with Crippen LogP contribution in [0, 0.1) is 6.92 Å². The Bertz CT molecular complexity index is 749. The lowest BCUT2D eigenvalue weighted by Gasteiger charge is -2.02. The van der Waals surface area contributed by atoms with Crippen LogP contribution in [0.5, 0.6) is 5.75 Å². The standard InChI is InChI=1S/C14H14N2O6/c1-7-9-5-8(20-2)3-4-10(9)22-12(7)13(18)21-6-11(17)16-14(15)19/h3-5H,6H2,1-2H3,(H3,15,16,17,19). The Morgan fingerprint density at radius 2 is 2.05 bits per heavy atom. The summed E-state index contributed by atoms with van der Waals surface area (Å²) in [5, 5.41) is 2.48. The van der Waals surface area contributed by atoms with E-state index in [0.717, 1.165) is 0 Å². The number of esters is 1. The van der Waals surface area contributed by atoms with Crippen molar-refractivity contribution in [3.05, 3.63) is 29.5 Å². The van der Waals surface area contributed by atoms with E-state index in [1.807, 2.05) is 0 Å². The van der Waals surface area contributed by atoms with Crippen LogP contribution in [0.2, 0.25) is 0 Å². The number of amides is 3. The van der Waals surface area contributed by atoms with Crippen LogP contribution in [-0.4, -0.2) is 31.6 Å². The first kappa shape index (κ1) is 15.4. The Labute approximate surface area is 125 Å². The van der Waals surface area contributed by atoms with Crippen molar-refractivity contribution in [3.63, 3.8) is 0 Å². The third-order valence-corrected chi connectivity index (χ3v) is 2.93. The van der Waals surface area contributed by atoms with E-state index in [1.165, 1.54) is 7.11 Å². The average molecular weight is 306 g/mol. The lowest BCUT2D eigenvalue weighted by Crippen LogP contribution is -2.37. The molecule has 8 heteroatoms. The number of carbonyl (C=O) groups excluding carboxylic acids is 3. The SMILES string of the molecule is COc1ccc2oc(C(=O)OCC(=O)NC(N)=O)c(C)c2c1. The molecule has 1 aromatic heterocycles. The summed E-state index contributed by atoms with van der Waals surface area (Å²) in [6, 6.07) is 4.07. The largest absolute Gasteiger partial charge is 0.497 e. The van der Waals surface area contributed by atoms with Crippen LogP contribution in [0.1, 0.15) is 16.1 Å². The molecule has 1 heterocycles. The highest BCUT2D eigenvalue weighted by molar-refractivity contribution is 5.98. The summed E-state index contributed by atoms with van der Waals surface area (Å²) in [6.45, 7) is 1.05. The van der Waals surface area contributed by atoms with E-state index in [4.69, 9.17) is 19.6 Å². The molecule has 1 aromatic carbocycles. The van der Waals surface area contributed by atoms with Crippen molar-refractivity contribution < 1.29 is 28.3 Å². The fraction of sp³-hybridized carbons (Fsp3) is 0.214. The highest BCUT2D eigenvalue weighted by Gasteiger charge is 2.20. The molecule has 3 N–H and O–H groups in total. The number of carbonyl (C=O) groups is 3. The molecule has 0 saturated carbocycles. The summed E-state index contributed by atoms with van der Waals surface area (Å²) in [4.78, 5) is 33.6. The van der Waals surface area contributed by atoms with Gasteiger partial charge in [-0.2, -0.15) is 0 Å². The van der Waals surface area contributed by atoms with Gasteiger partial charge in [0.15, 0.2) is 6.61 Å². The van der Waals surface area contributed by atoms with Crippen molar-refractivity contribution in [2.45, 2.75) is 6.92 Å². The molecule has 0 aliphatic carbocycles. The number of aryl methyl sites for hydroxylation is 1. The number of rotatable bonds is 4. The number of benzene rings is 1. The van der Waals surface area contributed by atoms with Gasteiger partial charge in [0.1, 0.15) is 11.3 Å². The molecular formula is C14H14N2O6. The normalized spacial score (nSPS) is 10.3. The summed E-state index contributed by atoms with van der Waals surface area (Å²) in [6.07, 6.45) is 0. The van der Waals surface area contributed by atoms with Crippen molar-refractivity contribution in [2.75, 3.05) is 13.7 Å². The first-order chi connectivity index (χ1) is 10.4. The van der Waals surface area contributed by atoms with Gasteiger partial charge in [-0.15, -0.1) is 0 Å². The molecule has 0 aliphatic rings. The van der Waals surface area contributed by atoms with Gasteiger partial charge in [0.2, 0.25) is 5.76 Å². The minimum absolute atomic E-state index is 0.0184. The minimum Gasteiger partial charge on any atom is -0.497 e. The highest BCUT2D eigenvalue weighted by Crippen LogP contribution is 2.29. The van der Waals surface area contributed by atoms with Gasteiger partial charge < -0.3 is 19.6 Å². The highest BCUT2D eigenvalue weighted by atomic mass is 16.5. The van der Waals surface area contributed by atoms with Crippen LogP contribution in [-0.2, 0) is 9.53 Å². The Hall–Kier alpha value is -3.03. The number of nitrogens with one attached hydrogen (secondary N) is 1. The van der Waals surface area contributed by atoms with E-state index in [0.29, 0.717) is 22.3 Å². The van der Waals surface area contributed by atoms with Gasteiger partial charge in [0.05, 0.1) is 7.11 Å². The molecule has 2 rings (SSSR count). The lowest BCUT2D eigenvalue weighted by atomic mass is 10.1. The average Bonchev–Trinajstić information content (AvgIpc) is 2.81. The lowest BCUT2D eigenvalue weighted by molar-refractivity contribution is -0.123. The fourth-order valence-electron chi connectivity index (χ4n) is 1.89. The monoisotopic (exact) mass is 306 g/mol. The third-order valence-electron chi connectivity index (χ3n) is 2.93. The van der Waals surface area contributed by atoms with Crippen LogP contribution >= 0.6 is 0 Å². The molecule has 116 valence electrons. The quantitative estimate of drug-likeness (QED) is 0.816. The third kappa shape index (κ3) is 3.17. The second-order valence-electron chi connectivity index (χ2n) is 4.41. The molecule has 0 unspecified atom stereocenters. The first-order valence-electron chi connectivity index (χ1n) is 6.26. The van der Waals surface area contributed by atoms with E-state index in [2.05, 4.69) is 0 Å². The van der Waals surface area contributed by atoms with Gasteiger partial charge in [0, 0.05) is 10.9 Å². The smallest absolute Gasteiger partial charge is 0.375 e. The number of hydrogen-bond donors (Lipinski definition) is 2. The van der Waals surface area contributed by atoms with Crippen LogP contribution in [0.15, 0.2) is 22.6 Å². The van der Waals surface area contributed by atoms with Gasteiger partial charge >= 0.3 is 12.0 Å². The maximum absolute atomic E-state index is 11.9. The molecule has 0 bridgehead atoms. The zero-order chi connectivity index (χ0) is 16.3. The van der Waals surface area contributed by atoms with Crippen LogP contribution < -0.4 is 15.8 Å². The molecular weight excluding hydrogens is 292 g/mol. The number of nitrogens with two attached hydrogens (primary N) is 1. The number of methoxy groups -OCH3 is 1. The van der Waals surface area contributed by atoms with Crippen LogP contribution in [0.25, 0.3) is 11.0 Å². The fourth-order valence-corrected chi connectivity index (χ4v) is 1.89. The number of hydrogen-bond acceptors (Lipinski definition) is 6. The number of furan rings is 1. The molecule has 3 amide bonds. The molecule has 0 atom stereocenters. The van der Waals surface area contributed by atoms with E-state index in [9.17, 15) is 14.4 Å². The Morgan fingerprint density at radius 3 is 2.68 bits per heavy atom. The van der Waals surface area contributed by atoms with E-state index < -0.39 is 24.5 Å². The summed E-state index contributed by atoms with van der Waals surface area (Å²) < 4.78 is 15.3. The Kier molecular flexibility index (Phi) is 4.31. The zero-order valence-corrected chi connectivity index (χ0v) is 12.0. The van der Waals surface area contributed by atoms with E-state index >= 15 is 0 Å². The Balaban J connectivity index is 2.16. The van der Waals surface area contributed by atoms with Crippen molar-refractivity contribution >= 4 is 28.9 Å². The second-order valence-corrected chi connectivity index (χ2v) is 4.41. The van der Waals surface area contributed by atoms with Gasteiger partial charge in [-0.25, -0.2) is 9.59 Å². The second kappa shape index (κ2) is 6.17. The maximum Gasteiger partial charge on any atom is 0.375 e. The predicted molar refractivity (Wildman–Crippen MR) is 75.5 cm³/mol. The van der Waals surface area contributed by atoms with Crippen molar-refractivity contribution in [1.82, 2.24) is 5.32 Å². The topological polar surface area (TPSA) is 121 Å². The predicted octanol–water partition coefficient (Wildman–Crippen LogP) is 1.10. The number of imide groups is 1. The maximum atomic E-state index is 11.9. The molecule has 0 fully saturated rings. The van der Waals surface area contributed by atoms with Gasteiger partial charge in [-0.1, -0.05) is 0 Å². The summed E-state index contributed by atoms with van der Waals surface area (Å²) in [5.41, 5.74) is 5.83. The molecule has 0 spiro atoms. The number of fused-ring (bicyclic) bond motifs is 1. The molecule has 22 heavy (non-hydrogen) atoms. The number of urea groups is 1. The van der Waals surface area contributed by atoms with Crippen molar-refractivity contribution in [2.24, 2.45) is 5.73 Å². The number of primary amides is 1. The molecule has 0 saturated heterocycles. The first-order valence-corrected chi connectivity index (χ1v) is 6.26. The van der Waals surface area contributed by atoms with Crippen molar-refractivity contribution in [1.29, 1.82) is 0 Å².